The smallest absolute Gasteiger partial charge is 0.119 e. The van der Waals surface area contributed by atoms with Crippen LogP contribution in [0.15, 0.2) is 36.5 Å². The van der Waals surface area contributed by atoms with Crippen molar-refractivity contribution in [3.05, 3.63) is 47.8 Å². The summed E-state index contributed by atoms with van der Waals surface area (Å²) in [5, 5.41) is 4.47. The highest BCUT2D eigenvalue weighted by atomic mass is 16.5. The number of aromatic nitrogens is 2. The van der Waals surface area contributed by atoms with Crippen LogP contribution in [0.1, 0.15) is 25.1 Å². The normalized spacial score (nSPS) is 10.5. The number of ether oxygens (including phenoxy) is 1. The summed E-state index contributed by atoms with van der Waals surface area (Å²) >= 11 is 0. The maximum absolute atomic E-state index is 5.41. The molecule has 2 aromatic rings. The Balaban J connectivity index is 2.03. The predicted octanol–water partition coefficient (Wildman–Crippen LogP) is 2.89. The predicted molar refractivity (Wildman–Crippen MR) is 68.3 cm³/mol. The summed E-state index contributed by atoms with van der Waals surface area (Å²) in [6.45, 7) is 5.71. The van der Waals surface area contributed by atoms with Crippen LogP contribution < -0.4 is 4.74 Å². The number of hydrogen-bond acceptors (Lipinski definition) is 2. The molecule has 0 fully saturated rings. The molecule has 0 atom stereocenters. The first-order valence-corrected chi connectivity index (χ1v) is 6.06. The highest BCUT2D eigenvalue weighted by molar-refractivity contribution is 5.29. The van der Waals surface area contributed by atoms with Gasteiger partial charge in [-0.05, 0) is 37.6 Å². The molecule has 1 heterocycles. The molecule has 0 aliphatic carbocycles. The number of benzene rings is 1. The number of rotatable bonds is 5. The second kappa shape index (κ2) is 5.53. The molecule has 17 heavy (non-hydrogen) atoms. The van der Waals surface area contributed by atoms with Crippen molar-refractivity contribution in [2.45, 2.75) is 26.8 Å². The molecule has 90 valence electrons. The monoisotopic (exact) mass is 230 g/mol. The molecule has 1 aromatic carbocycles. The van der Waals surface area contributed by atoms with Crippen molar-refractivity contribution in [3.8, 4) is 5.75 Å². The molecule has 0 bridgehead atoms. The molecular weight excluding hydrogens is 212 g/mol. The molecule has 3 heteroatoms. The summed E-state index contributed by atoms with van der Waals surface area (Å²) in [7, 11) is 0. The van der Waals surface area contributed by atoms with Crippen LogP contribution in [0, 0.1) is 0 Å². The van der Waals surface area contributed by atoms with Crippen LogP contribution in [-0.2, 0) is 13.0 Å². The van der Waals surface area contributed by atoms with E-state index in [0.29, 0.717) is 6.61 Å². The molecule has 0 aliphatic rings. The SMILES string of the molecule is CCOc1ccc(Cc2ccn(CC)n2)cc1. The summed E-state index contributed by atoms with van der Waals surface area (Å²) in [5.41, 5.74) is 2.37. The van der Waals surface area contributed by atoms with E-state index >= 15 is 0 Å². The number of aryl methyl sites for hydroxylation is 1. The topological polar surface area (TPSA) is 27.1 Å². The fourth-order valence-electron chi connectivity index (χ4n) is 1.75. The lowest BCUT2D eigenvalue weighted by Gasteiger charge is -2.03. The van der Waals surface area contributed by atoms with Crippen molar-refractivity contribution >= 4 is 0 Å². The Morgan fingerprint density at radius 2 is 1.88 bits per heavy atom. The van der Waals surface area contributed by atoms with Gasteiger partial charge in [0.05, 0.1) is 12.3 Å². The average Bonchev–Trinajstić information content (AvgIpc) is 2.80. The number of nitrogens with zero attached hydrogens (tertiary/aromatic N) is 2. The Morgan fingerprint density at radius 1 is 1.12 bits per heavy atom. The van der Waals surface area contributed by atoms with E-state index in [9.17, 15) is 0 Å². The third-order valence-corrected chi connectivity index (χ3v) is 2.64. The largest absolute Gasteiger partial charge is 0.494 e. The molecule has 0 spiro atoms. The average molecular weight is 230 g/mol. The molecule has 0 radical (unpaired) electrons. The van der Waals surface area contributed by atoms with Gasteiger partial charge in [-0.15, -0.1) is 0 Å². The molecule has 0 N–H and O–H groups in total. The van der Waals surface area contributed by atoms with Crippen LogP contribution in [0.4, 0.5) is 0 Å². The van der Waals surface area contributed by atoms with Gasteiger partial charge in [-0.2, -0.15) is 5.10 Å². The second-order valence-corrected chi connectivity index (χ2v) is 3.92. The first-order valence-electron chi connectivity index (χ1n) is 6.06. The van der Waals surface area contributed by atoms with Crippen molar-refractivity contribution in [2.24, 2.45) is 0 Å². The van der Waals surface area contributed by atoms with E-state index in [0.717, 1.165) is 24.4 Å². The first kappa shape index (κ1) is 11.7. The Labute approximate surface area is 102 Å². The van der Waals surface area contributed by atoms with Crippen molar-refractivity contribution in [1.82, 2.24) is 9.78 Å². The second-order valence-electron chi connectivity index (χ2n) is 3.92. The van der Waals surface area contributed by atoms with Gasteiger partial charge in [0.15, 0.2) is 0 Å². The van der Waals surface area contributed by atoms with Gasteiger partial charge < -0.3 is 4.74 Å². The van der Waals surface area contributed by atoms with Gasteiger partial charge in [0.2, 0.25) is 0 Å². The number of hydrogen-bond donors (Lipinski definition) is 0. The zero-order valence-corrected chi connectivity index (χ0v) is 10.4. The summed E-state index contributed by atoms with van der Waals surface area (Å²) in [4.78, 5) is 0. The van der Waals surface area contributed by atoms with Gasteiger partial charge in [0, 0.05) is 19.2 Å². The van der Waals surface area contributed by atoms with Crippen LogP contribution in [0.3, 0.4) is 0 Å². The molecule has 0 aliphatic heterocycles. The highest BCUT2D eigenvalue weighted by Crippen LogP contribution is 2.14. The van der Waals surface area contributed by atoms with Crippen LogP contribution in [0.5, 0.6) is 5.75 Å². The van der Waals surface area contributed by atoms with E-state index in [1.807, 2.05) is 29.9 Å². The van der Waals surface area contributed by atoms with E-state index in [1.165, 1.54) is 5.56 Å². The van der Waals surface area contributed by atoms with Gasteiger partial charge in [0.1, 0.15) is 5.75 Å². The van der Waals surface area contributed by atoms with E-state index in [1.54, 1.807) is 0 Å². The van der Waals surface area contributed by atoms with E-state index in [4.69, 9.17) is 4.74 Å². The van der Waals surface area contributed by atoms with E-state index < -0.39 is 0 Å². The van der Waals surface area contributed by atoms with Gasteiger partial charge in [0.25, 0.3) is 0 Å². The third-order valence-electron chi connectivity index (χ3n) is 2.64. The zero-order chi connectivity index (χ0) is 12.1. The van der Waals surface area contributed by atoms with Gasteiger partial charge in [-0.3, -0.25) is 4.68 Å². The van der Waals surface area contributed by atoms with Crippen LogP contribution >= 0.6 is 0 Å². The van der Waals surface area contributed by atoms with Gasteiger partial charge in [-0.25, -0.2) is 0 Å². The van der Waals surface area contributed by atoms with Crippen molar-refractivity contribution < 1.29 is 4.74 Å². The molecule has 2 rings (SSSR count). The molecule has 1 aromatic heterocycles. The molecular formula is C14H18N2O. The molecule has 0 amide bonds. The fourth-order valence-corrected chi connectivity index (χ4v) is 1.75. The van der Waals surface area contributed by atoms with Crippen LogP contribution in [0.2, 0.25) is 0 Å². The maximum Gasteiger partial charge on any atom is 0.119 e. The quantitative estimate of drug-likeness (QED) is 0.789. The minimum Gasteiger partial charge on any atom is -0.494 e. The minimum atomic E-state index is 0.709. The standard InChI is InChI=1S/C14H18N2O/c1-3-16-10-9-13(15-16)11-12-5-7-14(8-6-12)17-4-2/h5-10H,3-4,11H2,1-2H3. The lowest BCUT2D eigenvalue weighted by Crippen LogP contribution is -1.97. The van der Waals surface area contributed by atoms with Gasteiger partial charge >= 0.3 is 0 Å². The Morgan fingerprint density at radius 3 is 2.47 bits per heavy atom. The lowest BCUT2D eigenvalue weighted by atomic mass is 10.1. The molecule has 0 saturated heterocycles. The summed E-state index contributed by atoms with van der Waals surface area (Å²) < 4.78 is 7.36. The summed E-state index contributed by atoms with van der Waals surface area (Å²) in [6, 6.07) is 10.3. The van der Waals surface area contributed by atoms with Crippen molar-refractivity contribution in [3.63, 3.8) is 0 Å². The first-order chi connectivity index (χ1) is 8.31. The Bertz CT molecular complexity index is 459. The lowest BCUT2D eigenvalue weighted by molar-refractivity contribution is 0.340. The van der Waals surface area contributed by atoms with E-state index in [2.05, 4.69) is 30.2 Å². The zero-order valence-electron chi connectivity index (χ0n) is 10.4. The highest BCUT2D eigenvalue weighted by Gasteiger charge is 2.00. The molecule has 0 saturated carbocycles. The molecule has 0 unspecified atom stereocenters. The van der Waals surface area contributed by atoms with Gasteiger partial charge in [-0.1, -0.05) is 12.1 Å². The molecule has 3 nitrogen and oxygen atoms in total. The van der Waals surface area contributed by atoms with Crippen molar-refractivity contribution in [2.75, 3.05) is 6.61 Å². The minimum absolute atomic E-state index is 0.709. The van der Waals surface area contributed by atoms with Crippen LogP contribution in [-0.4, -0.2) is 16.4 Å². The van der Waals surface area contributed by atoms with Crippen LogP contribution in [0.25, 0.3) is 0 Å². The Hall–Kier alpha value is -1.77. The van der Waals surface area contributed by atoms with E-state index in [-0.39, 0.29) is 0 Å². The summed E-state index contributed by atoms with van der Waals surface area (Å²) in [6.07, 6.45) is 2.89. The van der Waals surface area contributed by atoms with Crippen molar-refractivity contribution in [1.29, 1.82) is 0 Å². The maximum atomic E-state index is 5.41. The Kier molecular flexibility index (Phi) is 3.81. The summed E-state index contributed by atoms with van der Waals surface area (Å²) in [5.74, 6) is 0.926. The third kappa shape index (κ3) is 3.09. The fraction of sp³-hybridized carbons (Fsp3) is 0.357.